The fraction of sp³-hybridized carbons (Fsp3) is 0.185. The van der Waals surface area contributed by atoms with Crippen molar-refractivity contribution in [2.45, 2.75) is 32.6 Å². The first-order chi connectivity index (χ1) is 17.0. The van der Waals surface area contributed by atoms with Crippen LogP contribution in [0.2, 0.25) is 0 Å². The molecule has 0 bridgehead atoms. The van der Waals surface area contributed by atoms with E-state index in [9.17, 15) is 9.59 Å². The van der Waals surface area contributed by atoms with Gasteiger partial charge in [0.05, 0.1) is 10.6 Å². The molecule has 0 aliphatic heterocycles. The molecule has 0 atom stereocenters. The molecule has 0 saturated heterocycles. The first kappa shape index (κ1) is 22.7. The third-order valence-electron chi connectivity index (χ3n) is 6.16. The zero-order chi connectivity index (χ0) is 24.4. The fourth-order valence-corrected chi connectivity index (χ4v) is 5.40. The average molecular weight is 484 g/mol. The normalized spacial score (nSPS) is 12.6. The number of rotatable bonds is 6. The standard InChI is InChI=1S/C27H25N5O2S/c1-16-20(22-13-14-29-27(32-22)30-19-11-9-17(10-12-19)25(28)33)6-4-7-21(16)31-26(34)24-15-18-5-2-3-8-23(18)35-24/h4,6-7,9-15H,2-3,5,8H2,1H3,(H2,28,33)(H,31,34)(H,29,30,32). The number of carbonyl (C=O) groups excluding carboxylic acids is 2. The maximum atomic E-state index is 13.0. The van der Waals surface area contributed by atoms with Crippen LogP contribution in [0.1, 0.15) is 48.9 Å². The van der Waals surface area contributed by atoms with Crippen LogP contribution in [-0.2, 0) is 12.8 Å². The molecular weight excluding hydrogens is 458 g/mol. The molecule has 0 spiro atoms. The van der Waals surface area contributed by atoms with Gasteiger partial charge in [-0.15, -0.1) is 11.3 Å². The summed E-state index contributed by atoms with van der Waals surface area (Å²) in [6.45, 7) is 1.97. The van der Waals surface area contributed by atoms with Crippen LogP contribution in [0, 0.1) is 6.92 Å². The molecule has 0 unspecified atom stereocenters. The van der Waals surface area contributed by atoms with E-state index in [1.54, 1.807) is 41.8 Å². The molecule has 5 rings (SSSR count). The van der Waals surface area contributed by atoms with Crippen LogP contribution in [0.4, 0.5) is 17.3 Å². The lowest BCUT2D eigenvalue weighted by Gasteiger charge is -2.13. The molecular formula is C27H25N5O2S. The summed E-state index contributed by atoms with van der Waals surface area (Å²) in [5.74, 6) is -0.127. The van der Waals surface area contributed by atoms with E-state index in [1.165, 1.54) is 23.3 Å². The molecule has 1 aliphatic rings. The van der Waals surface area contributed by atoms with Gasteiger partial charge < -0.3 is 16.4 Å². The molecule has 1 aliphatic carbocycles. The third kappa shape index (κ3) is 4.93. The summed E-state index contributed by atoms with van der Waals surface area (Å²) in [6, 6.07) is 16.5. The van der Waals surface area contributed by atoms with Gasteiger partial charge >= 0.3 is 0 Å². The number of primary amides is 1. The van der Waals surface area contributed by atoms with Crippen LogP contribution in [0.25, 0.3) is 11.3 Å². The molecule has 4 aromatic rings. The Morgan fingerprint density at radius 2 is 1.83 bits per heavy atom. The highest BCUT2D eigenvalue weighted by atomic mass is 32.1. The Kier molecular flexibility index (Phi) is 6.29. The van der Waals surface area contributed by atoms with E-state index < -0.39 is 5.91 Å². The summed E-state index contributed by atoms with van der Waals surface area (Å²) >= 11 is 1.61. The van der Waals surface area contributed by atoms with Crippen molar-refractivity contribution in [3.63, 3.8) is 0 Å². The van der Waals surface area contributed by atoms with Crippen LogP contribution in [0.15, 0.2) is 60.8 Å². The van der Waals surface area contributed by atoms with E-state index in [1.807, 2.05) is 37.3 Å². The lowest BCUT2D eigenvalue weighted by atomic mass is 9.99. The number of hydrogen-bond donors (Lipinski definition) is 3. The number of anilines is 3. The Bertz CT molecular complexity index is 1390. The van der Waals surface area contributed by atoms with Crippen molar-refractivity contribution in [1.82, 2.24) is 9.97 Å². The summed E-state index contributed by atoms with van der Waals surface area (Å²) in [6.07, 6.45) is 6.21. The van der Waals surface area contributed by atoms with Gasteiger partial charge in [0.2, 0.25) is 11.9 Å². The number of fused-ring (bicyclic) bond motifs is 1. The zero-order valence-corrected chi connectivity index (χ0v) is 20.1. The summed E-state index contributed by atoms with van der Waals surface area (Å²) in [5.41, 5.74) is 11.1. The lowest BCUT2D eigenvalue weighted by molar-refractivity contribution is 0.0998. The molecule has 2 aromatic heterocycles. The Balaban J connectivity index is 1.35. The quantitative estimate of drug-likeness (QED) is 0.336. The monoisotopic (exact) mass is 483 g/mol. The minimum atomic E-state index is -0.476. The van der Waals surface area contributed by atoms with Crippen LogP contribution in [0.5, 0.6) is 0 Å². The van der Waals surface area contributed by atoms with E-state index in [4.69, 9.17) is 5.73 Å². The van der Waals surface area contributed by atoms with Gasteiger partial charge in [0.15, 0.2) is 0 Å². The Morgan fingerprint density at radius 1 is 1.03 bits per heavy atom. The van der Waals surface area contributed by atoms with Crippen LogP contribution in [-0.4, -0.2) is 21.8 Å². The molecule has 7 nitrogen and oxygen atoms in total. The minimum Gasteiger partial charge on any atom is -0.366 e. The largest absolute Gasteiger partial charge is 0.366 e. The second-order valence-electron chi connectivity index (χ2n) is 8.53. The van der Waals surface area contributed by atoms with E-state index in [2.05, 4.69) is 20.6 Å². The predicted octanol–water partition coefficient (Wildman–Crippen LogP) is 5.49. The minimum absolute atomic E-state index is 0.0749. The average Bonchev–Trinajstić information content (AvgIpc) is 3.30. The van der Waals surface area contributed by atoms with Gasteiger partial charge in [-0.2, -0.15) is 0 Å². The molecule has 0 saturated carbocycles. The summed E-state index contributed by atoms with van der Waals surface area (Å²) in [5, 5.41) is 6.24. The van der Waals surface area contributed by atoms with Gasteiger partial charge in [0.25, 0.3) is 5.91 Å². The summed E-state index contributed by atoms with van der Waals surface area (Å²) in [7, 11) is 0. The second kappa shape index (κ2) is 9.68. The fourth-order valence-electron chi connectivity index (χ4n) is 4.25. The summed E-state index contributed by atoms with van der Waals surface area (Å²) < 4.78 is 0. The van der Waals surface area contributed by atoms with Gasteiger partial charge in [-0.3, -0.25) is 9.59 Å². The first-order valence-corrected chi connectivity index (χ1v) is 12.3. The Hall–Kier alpha value is -4.04. The van der Waals surface area contributed by atoms with E-state index >= 15 is 0 Å². The van der Waals surface area contributed by atoms with E-state index in [0.717, 1.165) is 45.9 Å². The number of aromatic nitrogens is 2. The number of benzene rings is 2. The van der Waals surface area contributed by atoms with Crippen molar-refractivity contribution >= 4 is 40.5 Å². The van der Waals surface area contributed by atoms with Gasteiger partial charge in [0.1, 0.15) is 0 Å². The zero-order valence-electron chi connectivity index (χ0n) is 19.3. The number of amides is 2. The molecule has 2 amide bonds. The molecule has 35 heavy (non-hydrogen) atoms. The number of hydrogen-bond acceptors (Lipinski definition) is 6. The summed E-state index contributed by atoms with van der Waals surface area (Å²) in [4.78, 5) is 35.3. The van der Waals surface area contributed by atoms with Crippen molar-refractivity contribution in [2.24, 2.45) is 5.73 Å². The maximum absolute atomic E-state index is 13.0. The van der Waals surface area contributed by atoms with Crippen molar-refractivity contribution in [2.75, 3.05) is 10.6 Å². The van der Waals surface area contributed by atoms with Crippen LogP contribution >= 0.6 is 11.3 Å². The van der Waals surface area contributed by atoms with Gasteiger partial charge in [-0.1, -0.05) is 12.1 Å². The van der Waals surface area contributed by atoms with Crippen molar-refractivity contribution in [3.8, 4) is 11.3 Å². The van der Waals surface area contributed by atoms with Gasteiger partial charge in [-0.25, -0.2) is 9.97 Å². The lowest BCUT2D eigenvalue weighted by Crippen LogP contribution is -2.11. The van der Waals surface area contributed by atoms with Crippen molar-refractivity contribution in [3.05, 3.63) is 87.2 Å². The molecule has 0 radical (unpaired) electrons. The number of nitrogens with one attached hydrogen (secondary N) is 2. The number of thiophene rings is 1. The van der Waals surface area contributed by atoms with Gasteiger partial charge in [-0.05, 0) is 86.2 Å². The first-order valence-electron chi connectivity index (χ1n) is 11.5. The number of nitrogens with zero attached hydrogens (tertiary/aromatic N) is 2. The van der Waals surface area contributed by atoms with E-state index in [0.29, 0.717) is 11.5 Å². The number of nitrogens with two attached hydrogens (primary N) is 1. The predicted molar refractivity (Wildman–Crippen MR) is 139 cm³/mol. The Labute approximate surface area is 207 Å². The van der Waals surface area contributed by atoms with Crippen molar-refractivity contribution < 1.29 is 9.59 Å². The van der Waals surface area contributed by atoms with E-state index in [-0.39, 0.29) is 5.91 Å². The molecule has 2 heterocycles. The molecule has 2 aromatic carbocycles. The number of aryl methyl sites for hydroxylation is 2. The van der Waals surface area contributed by atoms with Gasteiger partial charge in [0, 0.05) is 33.6 Å². The molecule has 4 N–H and O–H groups in total. The SMILES string of the molecule is Cc1c(NC(=O)c2cc3c(s2)CCCC3)cccc1-c1ccnc(Nc2ccc(C(N)=O)cc2)n1. The number of carbonyl (C=O) groups is 2. The highest BCUT2D eigenvalue weighted by molar-refractivity contribution is 7.14. The van der Waals surface area contributed by atoms with Crippen LogP contribution < -0.4 is 16.4 Å². The Morgan fingerprint density at radius 3 is 2.60 bits per heavy atom. The third-order valence-corrected chi connectivity index (χ3v) is 7.40. The topological polar surface area (TPSA) is 110 Å². The smallest absolute Gasteiger partial charge is 0.265 e. The molecule has 176 valence electrons. The highest BCUT2D eigenvalue weighted by Gasteiger charge is 2.18. The molecule has 0 fully saturated rings. The van der Waals surface area contributed by atoms with Crippen LogP contribution in [0.3, 0.4) is 0 Å². The molecule has 8 heteroatoms. The highest BCUT2D eigenvalue weighted by Crippen LogP contribution is 2.32. The maximum Gasteiger partial charge on any atom is 0.265 e. The second-order valence-corrected chi connectivity index (χ2v) is 9.67. The van der Waals surface area contributed by atoms with Crippen molar-refractivity contribution in [1.29, 1.82) is 0 Å².